The van der Waals surface area contributed by atoms with E-state index < -0.39 is 5.54 Å². The molecule has 0 radical (unpaired) electrons. The average Bonchev–Trinajstić information content (AvgIpc) is 2.89. The molecule has 2 aromatic carbocycles. The van der Waals surface area contributed by atoms with E-state index in [1.807, 2.05) is 53.4 Å². The number of Topliss-reactive ketones (excluding diaryl/α,β-unsaturated/α-hetero) is 1. The quantitative estimate of drug-likeness (QED) is 0.488. The van der Waals surface area contributed by atoms with Crippen LogP contribution in [-0.2, 0) is 16.1 Å². The monoisotopic (exact) mass is 531 g/mol. The topological polar surface area (TPSA) is 37.4 Å². The van der Waals surface area contributed by atoms with Crippen molar-refractivity contribution in [2.45, 2.75) is 24.4 Å². The van der Waals surface area contributed by atoms with Gasteiger partial charge in [-0.05, 0) is 61.3 Å². The molecule has 2 heterocycles. The zero-order valence-electron chi connectivity index (χ0n) is 14.3. The number of rotatable bonds is 1. The molecule has 2 atom stereocenters. The summed E-state index contributed by atoms with van der Waals surface area (Å²) < 4.78 is 1.30. The van der Waals surface area contributed by atoms with Crippen molar-refractivity contribution in [1.29, 1.82) is 0 Å². The van der Waals surface area contributed by atoms with Crippen LogP contribution in [0.4, 0.5) is 0 Å². The lowest BCUT2D eigenvalue weighted by atomic mass is 9.65. The van der Waals surface area contributed by atoms with E-state index in [1.165, 1.54) is 5.56 Å². The van der Waals surface area contributed by atoms with Crippen molar-refractivity contribution >= 4 is 55.8 Å². The Balaban J connectivity index is 1.85. The predicted molar refractivity (Wildman–Crippen MR) is 116 cm³/mol. The second kappa shape index (κ2) is 6.14. The molecule has 2 unspecified atom stereocenters. The van der Waals surface area contributed by atoms with Crippen LogP contribution in [0.2, 0.25) is 0 Å². The van der Waals surface area contributed by atoms with Crippen LogP contribution in [0.3, 0.4) is 0 Å². The summed E-state index contributed by atoms with van der Waals surface area (Å²) in [4.78, 5) is 27.9. The van der Waals surface area contributed by atoms with Gasteiger partial charge in [-0.25, -0.2) is 0 Å². The smallest absolute Gasteiger partial charge is 0.262 e. The summed E-state index contributed by atoms with van der Waals surface area (Å²) in [5.41, 5.74) is 3.65. The summed E-state index contributed by atoms with van der Waals surface area (Å²) in [7, 11) is 0. The van der Waals surface area contributed by atoms with Crippen LogP contribution in [0.15, 0.2) is 68.7 Å². The Bertz CT molecular complexity index is 1060. The van der Waals surface area contributed by atoms with Gasteiger partial charge in [0.25, 0.3) is 5.91 Å². The lowest BCUT2D eigenvalue weighted by Crippen LogP contribution is -2.55. The van der Waals surface area contributed by atoms with Crippen LogP contribution in [0.1, 0.15) is 29.0 Å². The second-order valence-electron chi connectivity index (χ2n) is 7.14. The first-order valence-electron chi connectivity index (χ1n) is 8.81. The first-order chi connectivity index (χ1) is 13.0. The van der Waals surface area contributed by atoms with Crippen molar-refractivity contribution in [1.82, 2.24) is 4.90 Å². The number of hydrogen-bond donors (Lipinski definition) is 0. The van der Waals surface area contributed by atoms with Crippen LogP contribution in [0.5, 0.6) is 0 Å². The van der Waals surface area contributed by atoms with Crippen LogP contribution < -0.4 is 0 Å². The molecule has 5 rings (SSSR count). The number of halogens is 2. The third-order valence-corrected chi connectivity index (χ3v) is 7.50. The maximum Gasteiger partial charge on any atom is 0.262 e. The standard InChI is InChI=1S/C22H15BrINO2/c23-20-19(13-6-2-1-3-7-13)22-11-17(24)18(26)10-16(22)15-9-5-4-8-14(15)12-25(22)21(20)27/h1-9,11,16H,10,12H2. The molecule has 0 aromatic heterocycles. The molecule has 134 valence electrons. The Hall–Kier alpha value is -1.73. The lowest BCUT2D eigenvalue weighted by molar-refractivity contribution is -0.130. The number of allylic oxidation sites excluding steroid dienone is 1. The molecule has 0 N–H and O–H groups in total. The molecule has 0 fully saturated rings. The summed E-state index contributed by atoms with van der Waals surface area (Å²) in [5.74, 6) is 0.0524. The molecule has 1 aliphatic carbocycles. The van der Waals surface area contributed by atoms with Crippen LogP contribution >= 0.6 is 38.5 Å². The summed E-state index contributed by atoms with van der Waals surface area (Å²) in [6.07, 6.45) is 2.43. The van der Waals surface area contributed by atoms with Crippen molar-refractivity contribution in [3.05, 3.63) is 85.4 Å². The molecule has 3 nitrogen and oxygen atoms in total. The van der Waals surface area contributed by atoms with Crippen LogP contribution in [0, 0.1) is 0 Å². The minimum absolute atomic E-state index is 0.0110. The fourth-order valence-corrected chi connectivity index (χ4v) is 6.19. The molecule has 2 aliphatic heterocycles. The van der Waals surface area contributed by atoms with E-state index >= 15 is 0 Å². The first-order valence-corrected chi connectivity index (χ1v) is 10.7. The number of nitrogens with zero attached hydrogens (tertiary/aromatic N) is 1. The van der Waals surface area contributed by atoms with Gasteiger partial charge in [-0.2, -0.15) is 0 Å². The van der Waals surface area contributed by atoms with E-state index in [0.717, 1.165) is 16.7 Å². The van der Waals surface area contributed by atoms with E-state index in [4.69, 9.17) is 0 Å². The largest absolute Gasteiger partial charge is 0.320 e. The molecule has 3 aliphatic rings. The lowest BCUT2D eigenvalue weighted by Gasteiger charge is -2.50. The molecule has 0 bridgehead atoms. The Morgan fingerprint density at radius 1 is 1.04 bits per heavy atom. The Morgan fingerprint density at radius 2 is 1.74 bits per heavy atom. The average molecular weight is 532 g/mol. The summed E-state index contributed by atoms with van der Waals surface area (Å²) in [6.45, 7) is 0.547. The highest BCUT2D eigenvalue weighted by Gasteiger charge is 2.59. The maximum absolute atomic E-state index is 13.3. The maximum atomic E-state index is 13.3. The number of amides is 1. The van der Waals surface area contributed by atoms with Gasteiger partial charge in [0.1, 0.15) is 0 Å². The number of fused-ring (bicyclic) bond motifs is 2. The third kappa shape index (κ3) is 2.30. The predicted octanol–water partition coefficient (Wildman–Crippen LogP) is 4.96. The molecule has 2 aromatic rings. The van der Waals surface area contributed by atoms with E-state index in [0.29, 0.717) is 21.0 Å². The molecule has 0 saturated heterocycles. The van der Waals surface area contributed by atoms with Gasteiger partial charge in [0.15, 0.2) is 5.78 Å². The number of ketones is 1. The fourth-order valence-electron chi connectivity index (χ4n) is 4.73. The molecular formula is C22H15BrINO2. The van der Waals surface area contributed by atoms with Crippen molar-refractivity contribution in [3.63, 3.8) is 0 Å². The van der Waals surface area contributed by atoms with E-state index in [2.05, 4.69) is 50.7 Å². The van der Waals surface area contributed by atoms with Gasteiger partial charge >= 0.3 is 0 Å². The van der Waals surface area contributed by atoms with Gasteiger partial charge in [0.05, 0.1) is 13.6 Å². The Morgan fingerprint density at radius 3 is 2.52 bits per heavy atom. The van der Waals surface area contributed by atoms with Gasteiger partial charge in [-0.15, -0.1) is 0 Å². The highest BCUT2D eigenvalue weighted by Crippen LogP contribution is 2.59. The summed E-state index contributed by atoms with van der Waals surface area (Å²) in [6, 6.07) is 18.2. The minimum atomic E-state index is -0.629. The normalized spacial score (nSPS) is 26.5. The molecule has 27 heavy (non-hydrogen) atoms. The van der Waals surface area contributed by atoms with Gasteiger partial charge in [-0.3, -0.25) is 9.59 Å². The molecule has 1 amide bonds. The van der Waals surface area contributed by atoms with Crippen LogP contribution in [0.25, 0.3) is 5.57 Å². The second-order valence-corrected chi connectivity index (χ2v) is 9.10. The summed E-state index contributed by atoms with van der Waals surface area (Å²) in [5, 5.41) is 0. The number of benzene rings is 2. The van der Waals surface area contributed by atoms with Crippen LogP contribution in [-0.4, -0.2) is 22.1 Å². The van der Waals surface area contributed by atoms with Gasteiger partial charge in [-0.1, -0.05) is 54.6 Å². The number of carbonyl (C=O) groups excluding carboxylic acids is 2. The Kier molecular flexibility index (Phi) is 3.95. The fraction of sp³-hybridized carbons (Fsp3) is 0.182. The minimum Gasteiger partial charge on any atom is -0.320 e. The highest BCUT2D eigenvalue weighted by atomic mass is 127. The van der Waals surface area contributed by atoms with Gasteiger partial charge in [0, 0.05) is 24.5 Å². The zero-order chi connectivity index (χ0) is 18.8. The number of carbonyl (C=O) groups is 2. The van der Waals surface area contributed by atoms with Gasteiger partial charge in [0.2, 0.25) is 0 Å². The zero-order valence-corrected chi connectivity index (χ0v) is 18.0. The molecule has 1 spiro atoms. The molecule has 0 saturated carbocycles. The highest BCUT2D eigenvalue weighted by molar-refractivity contribution is 14.1. The van der Waals surface area contributed by atoms with E-state index in [-0.39, 0.29) is 17.6 Å². The molecular weight excluding hydrogens is 517 g/mol. The van der Waals surface area contributed by atoms with E-state index in [1.54, 1.807) is 0 Å². The third-order valence-electron chi connectivity index (χ3n) is 5.85. The molecule has 5 heteroatoms. The van der Waals surface area contributed by atoms with Crippen molar-refractivity contribution in [3.8, 4) is 0 Å². The number of hydrogen-bond acceptors (Lipinski definition) is 2. The first kappa shape index (κ1) is 17.4. The SMILES string of the molecule is O=C1CC2c3ccccc3CN3C(=O)C(Br)=C(c4ccccc4)C23C=C1I. The van der Waals surface area contributed by atoms with Crippen molar-refractivity contribution in [2.24, 2.45) is 0 Å². The Labute approximate surface area is 179 Å². The van der Waals surface area contributed by atoms with Crippen molar-refractivity contribution < 1.29 is 9.59 Å². The van der Waals surface area contributed by atoms with Gasteiger partial charge < -0.3 is 4.90 Å². The summed E-state index contributed by atoms with van der Waals surface area (Å²) >= 11 is 5.73. The van der Waals surface area contributed by atoms with Crippen molar-refractivity contribution in [2.75, 3.05) is 0 Å². The van der Waals surface area contributed by atoms with E-state index in [9.17, 15) is 9.59 Å².